The van der Waals surface area contributed by atoms with Crippen LogP contribution in [0.3, 0.4) is 0 Å². The molecule has 6 nitrogen and oxygen atoms in total. The lowest BCUT2D eigenvalue weighted by atomic mass is 9.94. The summed E-state index contributed by atoms with van der Waals surface area (Å²) in [6.07, 6.45) is 3.03. The lowest BCUT2D eigenvalue weighted by molar-refractivity contribution is -0.147. The van der Waals surface area contributed by atoms with Gasteiger partial charge < -0.3 is 14.4 Å². The molecule has 0 radical (unpaired) electrons. The Labute approximate surface area is 209 Å². The van der Waals surface area contributed by atoms with Crippen LogP contribution < -0.4 is 4.74 Å². The predicted molar refractivity (Wildman–Crippen MR) is 133 cm³/mol. The number of esters is 1. The molecule has 0 saturated carbocycles. The molecule has 3 aromatic rings. The number of aromatic nitrogens is 1. The van der Waals surface area contributed by atoms with Gasteiger partial charge in [0, 0.05) is 36.3 Å². The number of piperidine rings is 1. The number of hydrogen-bond acceptors (Lipinski definition) is 5. The van der Waals surface area contributed by atoms with E-state index < -0.39 is 11.9 Å². The quantitative estimate of drug-likeness (QED) is 0.393. The minimum Gasteiger partial charge on any atom is -0.481 e. The van der Waals surface area contributed by atoms with E-state index in [1.165, 1.54) is 12.1 Å². The SMILES string of the molecule is CCOC(=O)CC1CCCN(C(=O)C(C)Oc2ccc3c(-c4ccc(F)cc4Cl)ccnc3c2)C1. The Morgan fingerprint density at radius 2 is 2.03 bits per heavy atom. The van der Waals surface area contributed by atoms with Crippen molar-refractivity contribution < 1.29 is 23.5 Å². The van der Waals surface area contributed by atoms with E-state index in [9.17, 15) is 14.0 Å². The van der Waals surface area contributed by atoms with Crippen molar-refractivity contribution in [3.63, 3.8) is 0 Å². The Morgan fingerprint density at radius 3 is 2.80 bits per heavy atom. The van der Waals surface area contributed by atoms with E-state index in [-0.39, 0.29) is 17.8 Å². The fourth-order valence-corrected chi connectivity index (χ4v) is 4.81. The standard InChI is InChI=1S/C27H28ClFN2O4/c1-3-34-26(32)13-18-5-4-12-31(16-18)27(33)17(2)35-20-7-9-23-21(10-11-30-25(23)15-20)22-8-6-19(29)14-24(22)28/h6-11,14-15,17-18H,3-5,12-13,16H2,1-2H3. The molecule has 0 aliphatic carbocycles. The summed E-state index contributed by atoms with van der Waals surface area (Å²) in [6.45, 7) is 5.04. The van der Waals surface area contributed by atoms with Crippen molar-refractivity contribution in [2.24, 2.45) is 5.92 Å². The van der Waals surface area contributed by atoms with Crippen LogP contribution in [0.2, 0.25) is 5.02 Å². The Balaban J connectivity index is 1.46. The van der Waals surface area contributed by atoms with Gasteiger partial charge in [0.2, 0.25) is 0 Å². The van der Waals surface area contributed by atoms with Crippen LogP contribution in [0.4, 0.5) is 4.39 Å². The minimum absolute atomic E-state index is 0.0977. The molecule has 1 aromatic heterocycles. The van der Waals surface area contributed by atoms with E-state index in [4.69, 9.17) is 21.1 Å². The predicted octanol–water partition coefficient (Wildman–Crippen LogP) is 5.65. The van der Waals surface area contributed by atoms with Crippen LogP contribution >= 0.6 is 11.6 Å². The van der Waals surface area contributed by atoms with E-state index in [2.05, 4.69) is 4.98 Å². The summed E-state index contributed by atoms with van der Waals surface area (Å²) >= 11 is 6.27. The Morgan fingerprint density at radius 1 is 1.20 bits per heavy atom. The molecule has 35 heavy (non-hydrogen) atoms. The smallest absolute Gasteiger partial charge is 0.306 e. The van der Waals surface area contributed by atoms with Gasteiger partial charge in [-0.3, -0.25) is 14.6 Å². The van der Waals surface area contributed by atoms with Gasteiger partial charge >= 0.3 is 5.97 Å². The maximum Gasteiger partial charge on any atom is 0.306 e. The second-order valence-corrected chi connectivity index (χ2v) is 9.13. The summed E-state index contributed by atoms with van der Waals surface area (Å²) in [4.78, 5) is 31.1. The van der Waals surface area contributed by atoms with Crippen molar-refractivity contribution >= 4 is 34.4 Å². The molecule has 8 heteroatoms. The lowest BCUT2D eigenvalue weighted by Gasteiger charge is -2.34. The average molecular weight is 499 g/mol. The van der Waals surface area contributed by atoms with Gasteiger partial charge in [-0.15, -0.1) is 0 Å². The summed E-state index contributed by atoms with van der Waals surface area (Å²) in [5.41, 5.74) is 2.21. The van der Waals surface area contributed by atoms with Gasteiger partial charge in [-0.05, 0) is 74.6 Å². The van der Waals surface area contributed by atoms with Crippen LogP contribution in [0.25, 0.3) is 22.0 Å². The third-order valence-electron chi connectivity index (χ3n) is 6.19. The monoisotopic (exact) mass is 498 g/mol. The number of likely N-dealkylation sites (tertiary alicyclic amines) is 1. The van der Waals surface area contributed by atoms with Crippen LogP contribution in [-0.2, 0) is 14.3 Å². The van der Waals surface area contributed by atoms with Crippen molar-refractivity contribution in [2.75, 3.05) is 19.7 Å². The molecular weight excluding hydrogens is 471 g/mol. The van der Waals surface area contributed by atoms with Gasteiger partial charge in [0.1, 0.15) is 11.6 Å². The number of amides is 1. The number of rotatable bonds is 7. The molecule has 2 aromatic carbocycles. The number of nitrogens with zero attached hydrogens (tertiary/aromatic N) is 2. The summed E-state index contributed by atoms with van der Waals surface area (Å²) in [5.74, 6) is -0.110. The van der Waals surface area contributed by atoms with E-state index in [0.29, 0.717) is 48.0 Å². The second-order valence-electron chi connectivity index (χ2n) is 8.72. The molecule has 1 aliphatic heterocycles. The van der Waals surface area contributed by atoms with Crippen molar-refractivity contribution in [3.8, 4) is 16.9 Å². The highest BCUT2D eigenvalue weighted by Crippen LogP contribution is 2.34. The highest BCUT2D eigenvalue weighted by molar-refractivity contribution is 6.33. The largest absolute Gasteiger partial charge is 0.481 e. The lowest BCUT2D eigenvalue weighted by Crippen LogP contribution is -2.46. The van der Waals surface area contributed by atoms with E-state index in [1.54, 1.807) is 43.1 Å². The first-order valence-corrected chi connectivity index (χ1v) is 12.2. The molecule has 1 amide bonds. The molecule has 2 unspecified atom stereocenters. The van der Waals surface area contributed by atoms with Crippen LogP contribution in [0.15, 0.2) is 48.7 Å². The summed E-state index contributed by atoms with van der Waals surface area (Å²) in [5, 5.41) is 1.16. The number of hydrogen-bond donors (Lipinski definition) is 0. The van der Waals surface area contributed by atoms with Crippen molar-refractivity contribution in [2.45, 2.75) is 39.2 Å². The van der Waals surface area contributed by atoms with Gasteiger partial charge in [0.15, 0.2) is 6.10 Å². The zero-order valence-electron chi connectivity index (χ0n) is 19.8. The molecule has 4 rings (SSSR count). The van der Waals surface area contributed by atoms with E-state index in [1.807, 2.05) is 12.1 Å². The second kappa shape index (κ2) is 11.0. The average Bonchev–Trinajstić information content (AvgIpc) is 2.83. The molecule has 0 N–H and O–H groups in total. The van der Waals surface area contributed by atoms with Crippen LogP contribution in [0.5, 0.6) is 5.75 Å². The van der Waals surface area contributed by atoms with Crippen molar-refractivity contribution in [1.82, 2.24) is 9.88 Å². The summed E-state index contributed by atoms with van der Waals surface area (Å²) in [6, 6.07) is 11.6. The first kappa shape index (κ1) is 24.9. The zero-order chi connectivity index (χ0) is 24.9. The summed E-state index contributed by atoms with van der Waals surface area (Å²) in [7, 11) is 0. The zero-order valence-corrected chi connectivity index (χ0v) is 20.6. The first-order chi connectivity index (χ1) is 16.9. The number of carbonyl (C=O) groups is 2. The van der Waals surface area contributed by atoms with Gasteiger partial charge in [-0.1, -0.05) is 11.6 Å². The Bertz CT molecular complexity index is 1240. The van der Waals surface area contributed by atoms with Crippen molar-refractivity contribution in [3.05, 3.63) is 59.5 Å². The molecule has 2 atom stereocenters. The highest BCUT2D eigenvalue weighted by Gasteiger charge is 2.29. The minimum atomic E-state index is -0.691. The van der Waals surface area contributed by atoms with Crippen LogP contribution in [0.1, 0.15) is 33.1 Å². The fourth-order valence-electron chi connectivity index (χ4n) is 4.54. The molecule has 1 fully saturated rings. The van der Waals surface area contributed by atoms with Crippen LogP contribution in [0, 0.1) is 11.7 Å². The third-order valence-corrected chi connectivity index (χ3v) is 6.50. The topological polar surface area (TPSA) is 68.7 Å². The number of benzene rings is 2. The van der Waals surface area contributed by atoms with Gasteiger partial charge in [-0.2, -0.15) is 0 Å². The molecule has 1 saturated heterocycles. The number of fused-ring (bicyclic) bond motifs is 1. The third kappa shape index (κ3) is 5.90. The molecule has 0 spiro atoms. The Hall–Kier alpha value is -3.19. The molecular formula is C27H28ClFN2O4. The van der Waals surface area contributed by atoms with Gasteiger partial charge in [-0.25, -0.2) is 4.39 Å². The number of halogens is 2. The molecule has 0 bridgehead atoms. The van der Waals surface area contributed by atoms with Crippen LogP contribution in [-0.4, -0.2) is 47.6 Å². The van der Waals surface area contributed by atoms with Crippen molar-refractivity contribution in [1.29, 1.82) is 0 Å². The fraction of sp³-hybridized carbons (Fsp3) is 0.370. The molecule has 2 heterocycles. The highest BCUT2D eigenvalue weighted by atomic mass is 35.5. The maximum atomic E-state index is 13.5. The first-order valence-electron chi connectivity index (χ1n) is 11.8. The van der Waals surface area contributed by atoms with E-state index in [0.717, 1.165) is 23.8 Å². The Kier molecular flexibility index (Phi) is 7.86. The number of ether oxygens (including phenoxy) is 2. The number of pyridine rings is 1. The maximum absolute atomic E-state index is 13.5. The molecule has 184 valence electrons. The summed E-state index contributed by atoms with van der Waals surface area (Å²) < 4.78 is 24.5. The molecule has 1 aliphatic rings. The van der Waals surface area contributed by atoms with Gasteiger partial charge in [0.05, 0.1) is 23.6 Å². The van der Waals surface area contributed by atoms with E-state index >= 15 is 0 Å². The van der Waals surface area contributed by atoms with Gasteiger partial charge in [0.25, 0.3) is 5.91 Å². The normalized spacial score (nSPS) is 16.7. The number of carbonyl (C=O) groups excluding carboxylic acids is 2.